The van der Waals surface area contributed by atoms with E-state index in [9.17, 15) is 28.0 Å². The summed E-state index contributed by atoms with van der Waals surface area (Å²) < 4.78 is 40.9. The molecule has 0 saturated carbocycles. The summed E-state index contributed by atoms with van der Waals surface area (Å²) in [5, 5.41) is 12.0. The number of carbonyl (C=O) groups excluding carboxylic acids is 1. The number of aromatic nitrogens is 1. The number of amides is 1. The second-order valence-electron chi connectivity index (χ2n) is 6.11. The molecule has 0 aliphatic carbocycles. The fourth-order valence-corrected chi connectivity index (χ4v) is 4.07. The quantitative estimate of drug-likeness (QED) is 0.809. The molecule has 1 saturated heterocycles. The van der Waals surface area contributed by atoms with Gasteiger partial charge in [0.2, 0.25) is 5.91 Å². The van der Waals surface area contributed by atoms with E-state index < -0.39 is 17.3 Å². The van der Waals surface area contributed by atoms with Crippen LogP contribution in [0.4, 0.5) is 23.9 Å². The van der Waals surface area contributed by atoms with E-state index in [1.54, 1.807) is 11.0 Å². The molecular weight excluding hydrogens is 413 g/mol. The zero-order valence-electron chi connectivity index (χ0n) is 14.7. The van der Waals surface area contributed by atoms with E-state index in [4.69, 9.17) is 0 Å². The molecular formula is C17H17F3N4O2S2. The Labute approximate surface area is 169 Å². The highest BCUT2D eigenvalue weighted by molar-refractivity contribution is 7.59. The van der Waals surface area contributed by atoms with E-state index in [1.165, 1.54) is 29.1 Å². The number of likely N-dealkylation sites (tertiary alicyclic amines) is 1. The van der Waals surface area contributed by atoms with E-state index in [0.29, 0.717) is 19.5 Å². The third kappa shape index (κ3) is 4.18. The smallest absolute Gasteiger partial charge is 0.344 e. The van der Waals surface area contributed by atoms with Crippen molar-refractivity contribution in [3.63, 3.8) is 0 Å². The van der Waals surface area contributed by atoms with Crippen LogP contribution in [0.1, 0.15) is 30.5 Å². The van der Waals surface area contributed by atoms with Crippen LogP contribution in [0.2, 0.25) is 0 Å². The zero-order chi connectivity index (χ0) is 19.8. The van der Waals surface area contributed by atoms with Gasteiger partial charge in [-0.1, -0.05) is 12.1 Å². The third-order valence-electron chi connectivity index (χ3n) is 4.36. The lowest BCUT2D eigenvalue weighted by Gasteiger charge is -2.14. The van der Waals surface area contributed by atoms with Gasteiger partial charge in [-0.2, -0.15) is 31.9 Å². The number of halogens is 3. The van der Waals surface area contributed by atoms with Crippen LogP contribution < -0.4 is 10.9 Å². The summed E-state index contributed by atoms with van der Waals surface area (Å²) in [7, 11) is 0. The minimum absolute atomic E-state index is 0. The average Bonchev–Trinajstić information content (AvgIpc) is 3.19. The number of carbonyl (C=O) groups is 1. The van der Waals surface area contributed by atoms with Crippen molar-refractivity contribution in [2.24, 2.45) is 0 Å². The number of hydrogen-bond acceptors (Lipinski definition) is 5. The molecule has 1 atom stereocenters. The van der Waals surface area contributed by atoms with Crippen molar-refractivity contribution >= 4 is 41.6 Å². The van der Waals surface area contributed by atoms with Crippen LogP contribution >= 0.6 is 25.0 Å². The number of rotatable bonds is 3. The average molecular weight is 430 g/mol. The zero-order valence-corrected chi connectivity index (χ0v) is 16.5. The number of nitrogens with one attached hydrogen (secondary N) is 1. The lowest BCUT2D eigenvalue weighted by atomic mass is 10.1. The highest BCUT2D eigenvalue weighted by Crippen LogP contribution is 2.37. The van der Waals surface area contributed by atoms with E-state index in [2.05, 4.69) is 5.32 Å². The maximum absolute atomic E-state index is 13.2. The summed E-state index contributed by atoms with van der Waals surface area (Å²) in [6, 6.07) is 6.34. The molecule has 2 aromatic rings. The van der Waals surface area contributed by atoms with Gasteiger partial charge in [0.05, 0.1) is 17.3 Å². The Morgan fingerprint density at radius 2 is 2.04 bits per heavy atom. The maximum atomic E-state index is 13.2. The molecule has 1 aliphatic heterocycles. The highest BCUT2D eigenvalue weighted by atomic mass is 32.1. The number of benzene rings is 1. The Kier molecular flexibility index (Phi) is 6.46. The van der Waals surface area contributed by atoms with Gasteiger partial charge in [0.25, 0.3) is 5.56 Å². The lowest BCUT2D eigenvalue weighted by Crippen LogP contribution is -2.28. The predicted octanol–water partition coefficient (Wildman–Crippen LogP) is 3.45. The minimum atomic E-state index is -4.57. The Hall–Kier alpha value is -2.45. The lowest BCUT2D eigenvalue weighted by molar-refractivity contribution is -0.137. The number of para-hydroxylation sites is 1. The first kappa shape index (κ1) is 21.8. The van der Waals surface area contributed by atoms with Crippen LogP contribution in [0.5, 0.6) is 0 Å². The molecule has 3 rings (SSSR count). The van der Waals surface area contributed by atoms with Crippen molar-refractivity contribution in [3.8, 4) is 6.07 Å². The molecule has 1 N–H and O–H groups in total. The monoisotopic (exact) mass is 430 g/mol. The summed E-state index contributed by atoms with van der Waals surface area (Å²) in [4.78, 5) is 25.6. The number of hydrogen-bond donors (Lipinski definition) is 1. The first-order valence-electron chi connectivity index (χ1n) is 8.07. The summed E-state index contributed by atoms with van der Waals surface area (Å²) in [5.41, 5.74) is -1.92. The van der Waals surface area contributed by atoms with Crippen molar-refractivity contribution in [1.82, 2.24) is 8.86 Å². The van der Waals surface area contributed by atoms with Crippen molar-refractivity contribution in [2.45, 2.75) is 25.6 Å². The van der Waals surface area contributed by atoms with Crippen molar-refractivity contribution in [2.75, 3.05) is 18.4 Å². The summed E-state index contributed by atoms with van der Waals surface area (Å²) in [5.74, 6) is -0.111. The molecule has 0 bridgehead atoms. The van der Waals surface area contributed by atoms with Crippen molar-refractivity contribution < 1.29 is 18.0 Å². The molecule has 11 heteroatoms. The van der Waals surface area contributed by atoms with Crippen LogP contribution in [0.25, 0.3) is 0 Å². The molecule has 1 amide bonds. The number of nitrogens with zero attached hydrogens (tertiary/aromatic N) is 3. The van der Waals surface area contributed by atoms with E-state index in [-0.39, 0.29) is 41.7 Å². The molecule has 0 spiro atoms. The number of anilines is 2. The molecule has 150 valence electrons. The van der Waals surface area contributed by atoms with Gasteiger partial charge in [0.15, 0.2) is 5.56 Å². The number of nitriles is 1. The van der Waals surface area contributed by atoms with Gasteiger partial charge in [-0.15, -0.1) is 0 Å². The van der Waals surface area contributed by atoms with E-state index in [0.717, 1.165) is 17.6 Å². The number of alkyl halides is 3. The standard InChI is InChI=1S/C17H15F3N4O2S.H2S/c1-10(25)23-7-6-11(9-23)24-16(26)12(8-21)15(27-24)22-14-5-3-2-4-13(14)17(18,19)20;/h2-5,11,22H,6-7,9H2,1H3;1H2/t11-;/m0./s1. The Morgan fingerprint density at radius 3 is 2.61 bits per heavy atom. The van der Waals surface area contributed by atoms with Crippen molar-refractivity contribution in [3.05, 3.63) is 45.7 Å². The molecule has 1 aliphatic rings. The normalized spacial score (nSPS) is 16.4. The second kappa shape index (κ2) is 8.28. The Balaban J connectivity index is 0.00000280. The van der Waals surface area contributed by atoms with Crippen LogP contribution in [0, 0.1) is 11.3 Å². The van der Waals surface area contributed by atoms with Crippen molar-refractivity contribution in [1.29, 1.82) is 5.26 Å². The molecule has 1 aromatic carbocycles. The van der Waals surface area contributed by atoms with Crippen LogP contribution in [-0.4, -0.2) is 27.9 Å². The summed E-state index contributed by atoms with van der Waals surface area (Å²) >= 11 is 0.901. The van der Waals surface area contributed by atoms with Gasteiger partial charge in [0, 0.05) is 20.0 Å². The maximum Gasteiger partial charge on any atom is 0.418 e. The van der Waals surface area contributed by atoms with Crippen LogP contribution in [0.3, 0.4) is 0 Å². The summed E-state index contributed by atoms with van der Waals surface area (Å²) in [6.07, 6.45) is -4.03. The third-order valence-corrected chi connectivity index (χ3v) is 5.51. The van der Waals surface area contributed by atoms with Gasteiger partial charge in [-0.05, 0) is 30.1 Å². The molecule has 1 aromatic heterocycles. The predicted molar refractivity (Wildman–Crippen MR) is 104 cm³/mol. The van der Waals surface area contributed by atoms with E-state index >= 15 is 0 Å². The van der Waals surface area contributed by atoms with Crippen LogP contribution in [0.15, 0.2) is 29.1 Å². The summed E-state index contributed by atoms with van der Waals surface area (Å²) in [6.45, 7) is 2.26. The van der Waals surface area contributed by atoms with Gasteiger partial charge in [0.1, 0.15) is 11.1 Å². The van der Waals surface area contributed by atoms with Gasteiger partial charge >= 0.3 is 6.18 Å². The molecule has 0 radical (unpaired) electrons. The first-order valence-corrected chi connectivity index (χ1v) is 8.84. The Bertz CT molecular complexity index is 978. The molecule has 6 nitrogen and oxygen atoms in total. The molecule has 0 unspecified atom stereocenters. The van der Waals surface area contributed by atoms with Crippen LogP contribution in [-0.2, 0) is 11.0 Å². The van der Waals surface area contributed by atoms with Gasteiger partial charge < -0.3 is 10.2 Å². The van der Waals surface area contributed by atoms with E-state index in [1.807, 2.05) is 0 Å². The minimum Gasteiger partial charge on any atom is -0.344 e. The fourth-order valence-electron chi connectivity index (χ4n) is 3.00. The highest BCUT2D eigenvalue weighted by Gasteiger charge is 2.34. The topological polar surface area (TPSA) is 78.1 Å². The van der Waals surface area contributed by atoms with Gasteiger partial charge in [-0.3, -0.25) is 13.5 Å². The molecule has 28 heavy (non-hydrogen) atoms. The second-order valence-corrected chi connectivity index (χ2v) is 7.10. The Morgan fingerprint density at radius 1 is 1.36 bits per heavy atom. The first-order chi connectivity index (χ1) is 12.7. The SMILES string of the molecule is CC(=O)N1CC[C@H](n2sc(Nc3ccccc3C(F)(F)F)c(C#N)c2=O)C1.S. The fraction of sp³-hybridized carbons (Fsp3) is 0.353. The largest absolute Gasteiger partial charge is 0.418 e. The molecule has 1 fully saturated rings. The van der Waals surface area contributed by atoms with Gasteiger partial charge in [-0.25, -0.2) is 0 Å². The molecule has 2 heterocycles.